The van der Waals surface area contributed by atoms with E-state index in [4.69, 9.17) is 11.6 Å². The Labute approximate surface area is 99.9 Å². The Kier molecular flexibility index (Phi) is 3.66. The number of halogens is 1. The van der Waals surface area contributed by atoms with Gasteiger partial charge < -0.3 is 0 Å². The van der Waals surface area contributed by atoms with E-state index >= 15 is 0 Å². The summed E-state index contributed by atoms with van der Waals surface area (Å²) in [5.41, 5.74) is 1.46. The first-order valence-corrected chi connectivity index (χ1v) is 6.72. The Morgan fingerprint density at radius 1 is 1.27 bits per heavy atom. The van der Waals surface area contributed by atoms with Gasteiger partial charge in [0.2, 0.25) is 0 Å². The monoisotopic (exact) mass is 238 g/mol. The molecule has 0 aliphatic rings. The summed E-state index contributed by atoms with van der Waals surface area (Å²) in [6, 6.07) is 6.18. The molecule has 0 spiro atoms. The lowest BCUT2D eigenvalue weighted by Crippen LogP contribution is -1.82. The van der Waals surface area contributed by atoms with E-state index < -0.39 is 0 Å². The first kappa shape index (κ1) is 11.0. The maximum atomic E-state index is 6.01. The van der Waals surface area contributed by atoms with Gasteiger partial charge in [-0.3, -0.25) is 0 Å². The van der Waals surface area contributed by atoms with Crippen LogP contribution >= 0.6 is 22.9 Å². The van der Waals surface area contributed by atoms with E-state index in [9.17, 15) is 0 Å². The second-order valence-corrected chi connectivity index (χ2v) is 5.21. The van der Waals surface area contributed by atoms with E-state index in [-0.39, 0.29) is 0 Å². The third-order valence-electron chi connectivity index (χ3n) is 2.67. The zero-order valence-corrected chi connectivity index (χ0v) is 10.5. The molecule has 0 nitrogen and oxygen atoms in total. The van der Waals surface area contributed by atoms with Gasteiger partial charge in [0, 0.05) is 9.72 Å². The number of fused-ring (bicyclic) bond motifs is 1. The zero-order chi connectivity index (χ0) is 10.7. The van der Waals surface area contributed by atoms with Gasteiger partial charge in [0.05, 0.1) is 0 Å². The van der Waals surface area contributed by atoms with Crippen LogP contribution in [0.5, 0.6) is 0 Å². The van der Waals surface area contributed by atoms with Crippen molar-refractivity contribution in [3.8, 4) is 0 Å². The maximum Gasteiger partial charge on any atom is 0.0413 e. The summed E-state index contributed by atoms with van der Waals surface area (Å²) >= 11 is 7.84. The molecule has 2 aromatic rings. The molecule has 0 saturated heterocycles. The molecule has 2 heteroatoms. The van der Waals surface area contributed by atoms with Crippen molar-refractivity contribution in [3.63, 3.8) is 0 Å². The van der Waals surface area contributed by atoms with Crippen LogP contribution in [0.15, 0.2) is 23.6 Å². The van der Waals surface area contributed by atoms with Crippen molar-refractivity contribution in [2.45, 2.75) is 32.6 Å². The summed E-state index contributed by atoms with van der Waals surface area (Å²) in [6.07, 6.45) is 5.07. The van der Waals surface area contributed by atoms with E-state index in [0.717, 1.165) is 5.02 Å². The second-order valence-electron chi connectivity index (χ2n) is 3.86. The van der Waals surface area contributed by atoms with Gasteiger partial charge in [-0.25, -0.2) is 0 Å². The van der Waals surface area contributed by atoms with Gasteiger partial charge in [0.25, 0.3) is 0 Å². The number of unbranched alkanes of at least 4 members (excludes halogenated alkanes) is 2. The number of thiophene rings is 1. The second kappa shape index (κ2) is 5.00. The summed E-state index contributed by atoms with van der Waals surface area (Å²) in [4.78, 5) is 0. The average molecular weight is 239 g/mol. The highest BCUT2D eigenvalue weighted by molar-refractivity contribution is 7.17. The minimum Gasteiger partial charge on any atom is -0.144 e. The first-order chi connectivity index (χ1) is 7.31. The van der Waals surface area contributed by atoms with Crippen molar-refractivity contribution in [3.05, 3.63) is 34.2 Å². The van der Waals surface area contributed by atoms with Gasteiger partial charge in [-0.1, -0.05) is 31.4 Å². The Morgan fingerprint density at radius 3 is 2.93 bits per heavy atom. The van der Waals surface area contributed by atoms with Gasteiger partial charge in [-0.2, -0.15) is 0 Å². The summed E-state index contributed by atoms with van der Waals surface area (Å²) in [7, 11) is 0. The molecule has 0 aliphatic heterocycles. The van der Waals surface area contributed by atoms with Gasteiger partial charge in [0.1, 0.15) is 0 Å². The molecule has 15 heavy (non-hydrogen) atoms. The Balaban J connectivity index is 2.23. The number of hydrogen-bond acceptors (Lipinski definition) is 1. The molecule has 80 valence electrons. The van der Waals surface area contributed by atoms with Crippen LogP contribution in [0.4, 0.5) is 0 Å². The molecule has 0 saturated carbocycles. The molecule has 1 aromatic heterocycles. The summed E-state index contributed by atoms with van der Waals surface area (Å²) < 4.78 is 1.35. The van der Waals surface area contributed by atoms with Crippen LogP contribution in [0.2, 0.25) is 5.02 Å². The standard InChI is InChI=1S/C13H15ClS/c1-2-3-4-5-10-9-15-13-7-6-11(14)8-12(10)13/h6-9H,2-5H2,1H3. The van der Waals surface area contributed by atoms with Crippen molar-refractivity contribution < 1.29 is 0 Å². The SMILES string of the molecule is CCCCCc1csc2ccc(Cl)cc12. The molecule has 0 amide bonds. The molecule has 0 radical (unpaired) electrons. The van der Waals surface area contributed by atoms with Crippen LogP contribution in [-0.2, 0) is 6.42 Å². The van der Waals surface area contributed by atoms with Gasteiger partial charge in [0.15, 0.2) is 0 Å². The largest absolute Gasteiger partial charge is 0.144 e. The fourth-order valence-corrected chi connectivity index (χ4v) is 2.96. The normalized spacial score (nSPS) is 11.1. The minimum absolute atomic E-state index is 0.845. The zero-order valence-electron chi connectivity index (χ0n) is 8.92. The van der Waals surface area contributed by atoms with E-state index in [2.05, 4.69) is 24.4 Å². The predicted molar refractivity (Wildman–Crippen MR) is 70.1 cm³/mol. The Morgan fingerprint density at radius 2 is 2.13 bits per heavy atom. The van der Waals surface area contributed by atoms with Crippen LogP contribution in [0.3, 0.4) is 0 Å². The topological polar surface area (TPSA) is 0 Å². The highest BCUT2D eigenvalue weighted by Crippen LogP contribution is 2.29. The number of hydrogen-bond donors (Lipinski definition) is 0. The fraction of sp³-hybridized carbons (Fsp3) is 0.385. The molecule has 1 heterocycles. The van der Waals surface area contributed by atoms with Gasteiger partial charge in [-0.15, -0.1) is 11.3 Å². The molecule has 0 unspecified atom stereocenters. The smallest absolute Gasteiger partial charge is 0.0413 e. The summed E-state index contributed by atoms with van der Waals surface area (Å²) in [5, 5.41) is 4.47. The Hall–Kier alpha value is -0.530. The van der Waals surface area contributed by atoms with Gasteiger partial charge in [-0.05, 0) is 47.4 Å². The van der Waals surface area contributed by atoms with Crippen molar-refractivity contribution in [1.82, 2.24) is 0 Å². The van der Waals surface area contributed by atoms with Crippen molar-refractivity contribution in [2.24, 2.45) is 0 Å². The van der Waals surface area contributed by atoms with Crippen molar-refractivity contribution in [1.29, 1.82) is 0 Å². The Bertz CT molecular complexity index is 445. The molecular weight excluding hydrogens is 224 g/mol. The van der Waals surface area contributed by atoms with Crippen molar-refractivity contribution >= 4 is 33.0 Å². The van der Waals surface area contributed by atoms with Crippen molar-refractivity contribution in [2.75, 3.05) is 0 Å². The van der Waals surface area contributed by atoms with Crippen LogP contribution in [0, 0.1) is 0 Å². The van der Waals surface area contributed by atoms with Crippen LogP contribution < -0.4 is 0 Å². The number of aryl methyl sites for hydroxylation is 1. The third-order valence-corrected chi connectivity index (χ3v) is 3.91. The van der Waals surface area contributed by atoms with Crippen LogP contribution in [0.25, 0.3) is 10.1 Å². The first-order valence-electron chi connectivity index (χ1n) is 5.47. The molecule has 0 atom stereocenters. The molecule has 1 aromatic carbocycles. The number of rotatable bonds is 4. The predicted octanol–water partition coefficient (Wildman–Crippen LogP) is 5.29. The molecular formula is C13H15ClS. The number of benzene rings is 1. The van der Waals surface area contributed by atoms with E-state index in [1.807, 2.05) is 17.4 Å². The van der Waals surface area contributed by atoms with Crippen LogP contribution in [0.1, 0.15) is 31.7 Å². The maximum absolute atomic E-state index is 6.01. The minimum atomic E-state index is 0.845. The average Bonchev–Trinajstić information content (AvgIpc) is 2.62. The molecule has 0 bridgehead atoms. The lowest BCUT2D eigenvalue weighted by Gasteiger charge is -1.99. The summed E-state index contributed by atoms with van der Waals surface area (Å²) in [5.74, 6) is 0. The molecule has 2 rings (SSSR count). The highest BCUT2D eigenvalue weighted by Gasteiger charge is 2.03. The quantitative estimate of drug-likeness (QED) is 0.635. The molecule has 0 aliphatic carbocycles. The van der Waals surface area contributed by atoms with Gasteiger partial charge >= 0.3 is 0 Å². The lowest BCUT2D eigenvalue weighted by molar-refractivity contribution is 0.720. The highest BCUT2D eigenvalue weighted by atomic mass is 35.5. The lowest BCUT2D eigenvalue weighted by atomic mass is 10.1. The van der Waals surface area contributed by atoms with Crippen LogP contribution in [-0.4, -0.2) is 0 Å². The molecule has 0 fully saturated rings. The van der Waals surface area contributed by atoms with E-state index in [1.54, 1.807) is 0 Å². The van der Waals surface area contributed by atoms with E-state index in [1.165, 1.54) is 41.3 Å². The fourth-order valence-electron chi connectivity index (χ4n) is 1.81. The summed E-state index contributed by atoms with van der Waals surface area (Å²) in [6.45, 7) is 2.24. The molecule has 0 N–H and O–H groups in total. The third kappa shape index (κ3) is 2.53. The van der Waals surface area contributed by atoms with E-state index in [0.29, 0.717) is 0 Å².